The summed E-state index contributed by atoms with van der Waals surface area (Å²) in [5.41, 5.74) is 8.31. The molecule has 0 aliphatic rings. The van der Waals surface area contributed by atoms with E-state index < -0.39 is 0 Å². The summed E-state index contributed by atoms with van der Waals surface area (Å²) < 4.78 is 2.32. The first-order valence-electron chi connectivity index (χ1n) is 12.7. The lowest BCUT2D eigenvalue weighted by Crippen LogP contribution is -2.10. The van der Waals surface area contributed by atoms with Gasteiger partial charge in [-0.1, -0.05) is 97.1 Å². The van der Waals surface area contributed by atoms with Crippen LogP contribution in [0.4, 0.5) is 17.1 Å². The second kappa shape index (κ2) is 8.69. The molecule has 0 saturated carbocycles. The molecule has 176 valence electrons. The molecule has 37 heavy (non-hydrogen) atoms. The van der Waals surface area contributed by atoms with Crippen molar-refractivity contribution in [3.63, 3.8) is 0 Å². The Morgan fingerprint density at radius 3 is 1.97 bits per heavy atom. The third-order valence-corrected chi connectivity index (χ3v) is 7.36. The number of benzene rings is 6. The van der Waals surface area contributed by atoms with Crippen LogP contribution in [-0.2, 0) is 7.05 Å². The third kappa shape index (κ3) is 3.57. The first kappa shape index (κ1) is 21.5. The number of aromatic nitrogens is 1. The smallest absolute Gasteiger partial charge is 0.0509 e. The van der Waals surface area contributed by atoms with Gasteiger partial charge in [-0.15, -0.1) is 0 Å². The number of rotatable bonds is 4. The first-order valence-corrected chi connectivity index (χ1v) is 12.7. The maximum Gasteiger partial charge on any atom is 0.0509 e. The fraction of sp³-hybridized carbons (Fsp3) is 0.0286. The molecule has 0 saturated heterocycles. The molecule has 1 heterocycles. The average molecular weight is 475 g/mol. The average Bonchev–Trinajstić information content (AvgIpc) is 3.26. The molecule has 0 aliphatic heterocycles. The van der Waals surface area contributed by atoms with Crippen LogP contribution in [0.5, 0.6) is 0 Å². The lowest BCUT2D eigenvalue weighted by molar-refractivity contribution is 1.01. The van der Waals surface area contributed by atoms with Crippen molar-refractivity contribution in [2.75, 3.05) is 4.90 Å². The Hall–Kier alpha value is -4.82. The fourth-order valence-corrected chi connectivity index (χ4v) is 5.58. The zero-order chi connectivity index (χ0) is 24.8. The summed E-state index contributed by atoms with van der Waals surface area (Å²) in [7, 11) is 2.17. The van der Waals surface area contributed by atoms with E-state index in [4.69, 9.17) is 0 Å². The molecule has 0 amide bonds. The van der Waals surface area contributed by atoms with E-state index in [2.05, 4.69) is 156 Å². The van der Waals surface area contributed by atoms with E-state index in [0.717, 1.165) is 17.1 Å². The highest BCUT2D eigenvalue weighted by atomic mass is 15.1. The van der Waals surface area contributed by atoms with E-state index in [1.807, 2.05) is 0 Å². The van der Waals surface area contributed by atoms with Crippen LogP contribution in [0, 0.1) is 0 Å². The van der Waals surface area contributed by atoms with Crippen molar-refractivity contribution in [3.8, 4) is 11.1 Å². The van der Waals surface area contributed by atoms with E-state index in [9.17, 15) is 0 Å². The van der Waals surface area contributed by atoms with Crippen molar-refractivity contribution in [3.05, 3.63) is 140 Å². The van der Waals surface area contributed by atoms with Crippen molar-refractivity contribution < 1.29 is 0 Å². The van der Waals surface area contributed by atoms with E-state index >= 15 is 0 Å². The number of aryl methyl sites for hydroxylation is 1. The number of para-hydroxylation sites is 1. The minimum Gasteiger partial charge on any atom is -0.344 e. The Balaban J connectivity index is 1.45. The molecule has 0 bridgehead atoms. The molecule has 7 aromatic rings. The van der Waals surface area contributed by atoms with Gasteiger partial charge >= 0.3 is 0 Å². The van der Waals surface area contributed by atoms with Gasteiger partial charge in [-0.25, -0.2) is 0 Å². The number of nitrogens with zero attached hydrogens (tertiary/aromatic N) is 2. The second-order valence-corrected chi connectivity index (χ2v) is 9.53. The molecule has 0 radical (unpaired) electrons. The molecule has 0 atom stereocenters. The summed E-state index contributed by atoms with van der Waals surface area (Å²) in [4.78, 5) is 2.35. The Bertz CT molecular complexity index is 1880. The quantitative estimate of drug-likeness (QED) is 0.246. The molecular weight excluding hydrogens is 448 g/mol. The largest absolute Gasteiger partial charge is 0.344 e. The van der Waals surface area contributed by atoms with Crippen molar-refractivity contribution in [2.24, 2.45) is 7.05 Å². The van der Waals surface area contributed by atoms with Crippen LogP contribution < -0.4 is 4.90 Å². The van der Waals surface area contributed by atoms with Gasteiger partial charge in [0, 0.05) is 40.4 Å². The highest BCUT2D eigenvalue weighted by Gasteiger charge is 2.17. The molecule has 0 N–H and O–H groups in total. The van der Waals surface area contributed by atoms with Gasteiger partial charge in [-0.05, 0) is 64.4 Å². The molecule has 2 heteroatoms. The van der Waals surface area contributed by atoms with Crippen molar-refractivity contribution >= 4 is 49.6 Å². The lowest BCUT2D eigenvalue weighted by Gasteiger charge is -2.26. The van der Waals surface area contributed by atoms with Gasteiger partial charge in [0.2, 0.25) is 0 Å². The Kier molecular flexibility index (Phi) is 5.04. The summed E-state index contributed by atoms with van der Waals surface area (Å²) in [6.45, 7) is 0. The van der Waals surface area contributed by atoms with E-state index in [1.165, 1.54) is 43.7 Å². The summed E-state index contributed by atoms with van der Waals surface area (Å²) in [5, 5.41) is 5.17. The monoisotopic (exact) mass is 474 g/mol. The number of hydrogen-bond donors (Lipinski definition) is 0. The van der Waals surface area contributed by atoms with Crippen molar-refractivity contribution in [1.29, 1.82) is 0 Å². The maximum atomic E-state index is 2.35. The minimum absolute atomic E-state index is 1.14. The molecule has 6 aromatic carbocycles. The molecule has 7 rings (SSSR count). The molecule has 0 fully saturated rings. The first-order chi connectivity index (χ1) is 18.3. The van der Waals surface area contributed by atoms with Gasteiger partial charge < -0.3 is 9.47 Å². The fourth-order valence-electron chi connectivity index (χ4n) is 5.58. The number of anilines is 3. The van der Waals surface area contributed by atoms with Gasteiger partial charge in [0.05, 0.1) is 5.52 Å². The summed E-state index contributed by atoms with van der Waals surface area (Å²) in [6, 6.07) is 50.0. The predicted octanol–water partition coefficient (Wildman–Crippen LogP) is 9.62. The van der Waals surface area contributed by atoms with Gasteiger partial charge in [0.1, 0.15) is 0 Å². The Labute approximate surface area is 216 Å². The van der Waals surface area contributed by atoms with Crippen LogP contribution in [0.25, 0.3) is 43.7 Å². The highest BCUT2D eigenvalue weighted by molar-refractivity contribution is 6.21. The molecule has 1 aromatic heterocycles. The van der Waals surface area contributed by atoms with Gasteiger partial charge in [0.25, 0.3) is 0 Å². The Morgan fingerprint density at radius 2 is 1.14 bits per heavy atom. The SMILES string of the molecule is Cn1c2cc(N(c3ccccc3)c3cccc(-c4ccccc4)c3)ccc2c2c3ccccc3ccc21. The number of hydrogen-bond acceptors (Lipinski definition) is 1. The summed E-state index contributed by atoms with van der Waals surface area (Å²) in [5.74, 6) is 0. The van der Waals surface area contributed by atoms with Gasteiger partial charge in [-0.2, -0.15) is 0 Å². The van der Waals surface area contributed by atoms with Crippen molar-refractivity contribution in [2.45, 2.75) is 0 Å². The molecular formula is C35H26N2. The van der Waals surface area contributed by atoms with Crippen LogP contribution in [0.2, 0.25) is 0 Å². The summed E-state index contributed by atoms with van der Waals surface area (Å²) >= 11 is 0. The zero-order valence-electron chi connectivity index (χ0n) is 20.7. The summed E-state index contributed by atoms with van der Waals surface area (Å²) in [6.07, 6.45) is 0. The predicted molar refractivity (Wildman–Crippen MR) is 158 cm³/mol. The zero-order valence-corrected chi connectivity index (χ0v) is 20.7. The van der Waals surface area contributed by atoms with Gasteiger partial charge in [0.15, 0.2) is 0 Å². The van der Waals surface area contributed by atoms with Crippen molar-refractivity contribution in [1.82, 2.24) is 4.57 Å². The topological polar surface area (TPSA) is 8.17 Å². The van der Waals surface area contributed by atoms with E-state index in [-0.39, 0.29) is 0 Å². The maximum absolute atomic E-state index is 2.35. The minimum atomic E-state index is 1.14. The number of fused-ring (bicyclic) bond motifs is 5. The van der Waals surface area contributed by atoms with Crippen LogP contribution in [0.3, 0.4) is 0 Å². The third-order valence-electron chi connectivity index (χ3n) is 7.36. The lowest BCUT2D eigenvalue weighted by atomic mass is 10.0. The van der Waals surface area contributed by atoms with Gasteiger partial charge in [-0.3, -0.25) is 0 Å². The Morgan fingerprint density at radius 1 is 0.459 bits per heavy atom. The molecule has 2 nitrogen and oxygen atoms in total. The standard InChI is InChI=1S/C35H26N2/c1-36-33-22-19-26-13-8-9-18-31(26)35(33)32-21-20-30(24-34(32)36)37(28-15-6-3-7-16-28)29-17-10-14-27(23-29)25-11-4-2-5-12-25/h2-24H,1H3. The van der Waals surface area contributed by atoms with E-state index in [0.29, 0.717) is 0 Å². The van der Waals surface area contributed by atoms with Crippen LogP contribution in [0.1, 0.15) is 0 Å². The molecule has 0 unspecified atom stereocenters. The second-order valence-electron chi connectivity index (χ2n) is 9.53. The molecule has 0 spiro atoms. The van der Waals surface area contributed by atoms with Crippen LogP contribution in [-0.4, -0.2) is 4.57 Å². The van der Waals surface area contributed by atoms with E-state index in [1.54, 1.807) is 0 Å². The molecule has 0 aliphatic carbocycles. The normalized spacial score (nSPS) is 11.4. The highest BCUT2D eigenvalue weighted by Crippen LogP contribution is 2.40. The van der Waals surface area contributed by atoms with Crippen LogP contribution >= 0.6 is 0 Å². The van der Waals surface area contributed by atoms with Crippen LogP contribution in [0.15, 0.2) is 140 Å².